The SMILES string of the molecule is Cn1ccc(CCNC(=O)C2NCC3CCCC32)n1. The highest BCUT2D eigenvalue weighted by molar-refractivity contribution is 5.82. The van der Waals surface area contributed by atoms with Crippen molar-refractivity contribution in [1.82, 2.24) is 20.4 Å². The Morgan fingerprint density at radius 2 is 2.47 bits per heavy atom. The summed E-state index contributed by atoms with van der Waals surface area (Å²) in [4.78, 5) is 12.2. The number of carbonyl (C=O) groups is 1. The first-order valence-electron chi connectivity index (χ1n) is 7.23. The van der Waals surface area contributed by atoms with E-state index in [1.807, 2.05) is 19.3 Å². The van der Waals surface area contributed by atoms with Crippen molar-refractivity contribution in [1.29, 1.82) is 0 Å². The van der Waals surface area contributed by atoms with Crippen molar-refractivity contribution in [3.63, 3.8) is 0 Å². The number of nitrogens with one attached hydrogen (secondary N) is 2. The van der Waals surface area contributed by atoms with E-state index < -0.39 is 0 Å². The topological polar surface area (TPSA) is 59.0 Å². The van der Waals surface area contributed by atoms with E-state index in [9.17, 15) is 4.79 Å². The zero-order valence-electron chi connectivity index (χ0n) is 11.4. The van der Waals surface area contributed by atoms with Crippen LogP contribution in [0, 0.1) is 11.8 Å². The van der Waals surface area contributed by atoms with Crippen LogP contribution in [0.2, 0.25) is 0 Å². The van der Waals surface area contributed by atoms with E-state index in [2.05, 4.69) is 15.7 Å². The predicted octanol–water partition coefficient (Wildman–Crippen LogP) is 0.467. The van der Waals surface area contributed by atoms with Crippen molar-refractivity contribution >= 4 is 5.91 Å². The third-order valence-corrected chi connectivity index (χ3v) is 4.48. The van der Waals surface area contributed by atoms with Crippen LogP contribution in [0.4, 0.5) is 0 Å². The number of amides is 1. The lowest BCUT2D eigenvalue weighted by atomic mass is 9.93. The zero-order chi connectivity index (χ0) is 13.2. The Hall–Kier alpha value is -1.36. The van der Waals surface area contributed by atoms with Crippen molar-refractivity contribution in [2.45, 2.75) is 31.7 Å². The molecular formula is C14H22N4O. The molecule has 1 aliphatic carbocycles. The summed E-state index contributed by atoms with van der Waals surface area (Å²) in [5.74, 6) is 1.46. The first-order valence-corrected chi connectivity index (χ1v) is 7.23. The van der Waals surface area contributed by atoms with Crippen LogP contribution >= 0.6 is 0 Å². The third kappa shape index (κ3) is 2.66. The standard InChI is InChI=1S/C14H22N4O/c1-18-8-6-11(17-18)5-7-15-14(19)13-12-4-2-3-10(12)9-16-13/h6,8,10,12-13,16H,2-5,7,9H2,1H3,(H,15,19). The molecule has 1 aliphatic heterocycles. The summed E-state index contributed by atoms with van der Waals surface area (Å²) in [6, 6.07) is 2.03. The first kappa shape index (κ1) is 12.7. The van der Waals surface area contributed by atoms with Crippen LogP contribution in [0.5, 0.6) is 0 Å². The lowest BCUT2D eigenvalue weighted by Gasteiger charge is -2.17. The summed E-state index contributed by atoms with van der Waals surface area (Å²) in [5, 5.41) is 10.7. The quantitative estimate of drug-likeness (QED) is 0.829. The summed E-state index contributed by atoms with van der Waals surface area (Å²) in [7, 11) is 1.91. The van der Waals surface area contributed by atoms with Crippen molar-refractivity contribution < 1.29 is 4.79 Å². The molecule has 0 spiro atoms. The smallest absolute Gasteiger partial charge is 0.237 e. The number of carbonyl (C=O) groups excluding carboxylic acids is 1. The maximum Gasteiger partial charge on any atom is 0.237 e. The molecule has 3 atom stereocenters. The van der Waals surface area contributed by atoms with Gasteiger partial charge in [-0.15, -0.1) is 0 Å². The Balaban J connectivity index is 1.46. The van der Waals surface area contributed by atoms with Crippen LogP contribution in [0.3, 0.4) is 0 Å². The fraction of sp³-hybridized carbons (Fsp3) is 0.714. The van der Waals surface area contributed by atoms with Gasteiger partial charge in [-0.3, -0.25) is 9.48 Å². The van der Waals surface area contributed by atoms with Crippen LogP contribution < -0.4 is 10.6 Å². The van der Waals surface area contributed by atoms with Gasteiger partial charge in [-0.1, -0.05) is 6.42 Å². The monoisotopic (exact) mass is 262 g/mol. The summed E-state index contributed by atoms with van der Waals surface area (Å²) < 4.78 is 1.79. The van der Waals surface area contributed by atoms with Crippen molar-refractivity contribution in [3.05, 3.63) is 18.0 Å². The highest BCUT2D eigenvalue weighted by Crippen LogP contribution is 2.37. The Bertz CT molecular complexity index is 456. The van der Waals surface area contributed by atoms with Crippen molar-refractivity contribution in [2.75, 3.05) is 13.1 Å². The van der Waals surface area contributed by atoms with Gasteiger partial charge >= 0.3 is 0 Å². The average molecular weight is 262 g/mol. The number of rotatable bonds is 4. The zero-order valence-corrected chi connectivity index (χ0v) is 11.4. The second kappa shape index (κ2) is 5.33. The molecule has 1 amide bonds. The molecule has 1 saturated carbocycles. The molecule has 5 nitrogen and oxygen atoms in total. The lowest BCUT2D eigenvalue weighted by molar-refractivity contribution is -0.123. The molecule has 5 heteroatoms. The Morgan fingerprint density at radius 3 is 3.26 bits per heavy atom. The molecule has 0 radical (unpaired) electrons. The van der Waals surface area contributed by atoms with Crippen LogP contribution in [-0.2, 0) is 18.3 Å². The van der Waals surface area contributed by atoms with Crippen LogP contribution in [0.25, 0.3) is 0 Å². The normalized spacial score (nSPS) is 29.4. The summed E-state index contributed by atoms with van der Waals surface area (Å²) in [6.07, 6.45) is 6.51. The minimum Gasteiger partial charge on any atom is -0.354 e. The van der Waals surface area contributed by atoms with Crippen LogP contribution in [-0.4, -0.2) is 34.8 Å². The molecule has 3 unspecified atom stereocenters. The molecule has 2 N–H and O–H groups in total. The van der Waals surface area contributed by atoms with Gasteiger partial charge in [0, 0.05) is 26.2 Å². The number of hydrogen-bond acceptors (Lipinski definition) is 3. The number of aryl methyl sites for hydroxylation is 1. The van der Waals surface area contributed by atoms with Crippen LogP contribution in [0.15, 0.2) is 12.3 Å². The van der Waals surface area contributed by atoms with Crippen molar-refractivity contribution in [3.8, 4) is 0 Å². The van der Waals surface area contributed by atoms with E-state index in [0.717, 1.165) is 24.6 Å². The minimum atomic E-state index is 0.0382. The molecule has 0 bridgehead atoms. The second-order valence-electron chi connectivity index (χ2n) is 5.76. The molecule has 2 aliphatic rings. The molecule has 1 aromatic heterocycles. The Kier molecular flexibility index (Phi) is 3.55. The first-order chi connectivity index (χ1) is 9.24. The van der Waals surface area contributed by atoms with Crippen LogP contribution in [0.1, 0.15) is 25.0 Å². The van der Waals surface area contributed by atoms with Gasteiger partial charge in [0.2, 0.25) is 5.91 Å². The molecule has 2 fully saturated rings. The van der Waals surface area contributed by atoms with Gasteiger partial charge in [-0.2, -0.15) is 5.10 Å². The van der Waals surface area contributed by atoms with Gasteiger partial charge in [-0.05, 0) is 37.3 Å². The fourth-order valence-electron chi connectivity index (χ4n) is 3.49. The number of hydrogen-bond donors (Lipinski definition) is 2. The van der Waals surface area contributed by atoms with E-state index in [-0.39, 0.29) is 11.9 Å². The molecule has 19 heavy (non-hydrogen) atoms. The summed E-state index contributed by atoms with van der Waals surface area (Å²) >= 11 is 0. The fourth-order valence-corrected chi connectivity index (χ4v) is 3.49. The van der Waals surface area contributed by atoms with Gasteiger partial charge in [0.1, 0.15) is 0 Å². The third-order valence-electron chi connectivity index (χ3n) is 4.48. The molecule has 2 heterocycles. The number of nitrogens with zero attached hydrogens (tertiary/aromatic N) is 2. The second-order valence-corrected chi connectivity index (χ2v) is 5.76. The molecule has 1 aromatic rings. The van der Waals surface area contributed by atoms with E-state index in [1.165, 1.54) is 19.3 Å². The lowest BCUT2D eigenvalue weighted by Crippen LogP contribution is -2.44. The highest BCUT2D eigenvalue weighted by atomic mass is 16.2. The molecule has 3 rings (SSSR count). The number of aromatic nitrogens is 2. The largest absolute Gasteiger partial charge is 0.354 e. The van der Waals surface area contributed by atoms with Crippen molar-refractivity contribution in [2.24, 2.45) is 18.9 Å². The van der Waals surface area contributed by atoms with E-state index in [4.69, 9.17) is 0 Å². The Morgan fingerprint density at radius 1 is 1.58 bits per heavy atom. The average Bonchev–Trinajstić information content (AvgIpc) is 3.04. The maximum absolute atomic E-state index is 12.2. The molecule has 104 valence electrons. The highest BCUT2D eigenvalue weighted by Gasteiger charge is 2.42. The maximum atomic E-state index is 12.2. The predicted molar refractivity (Wildman–Crippen MR) is 72.5 cm³/mol. The van der Waals surface area contributed by atoms with Gasteiger partial charge < -0.3 is 10.6 Å². The minimum absolute atomic E-state index is 0.0382. The Labute approximate surface area is 113 Å². The van der Waals surface area contributed by atoms with E-state index in [0.29, 0.717) is 12.5 Å². The van der Waals surface area contributed by atoms with Gasteiger partial charge in [-0.25, -0.2) is 0 Å². The number of fused-ring (bicyclic) bond motifs is 1. The summed E-state index contributed by atoms with van der Waals surface area (Å²) in [5.41, 5.74) is 1.03. The molecule has 1 saturated heterocycles. The van der Waals surface area contributed by atoms with E-state index >= 15 is 0 Å². The van der Waals surface area contributed by atoms with Gasteiger partial charge in [0.05, 0.1) is 11.7 Å². The van der Waals surface area contributed by atoms with Gasteiger partial charge in [0.25, 0.3) is 0 Å². The molecule has 0 aromatic carbocycles. The van der Waals surface area contributed by atoms with E-state index in [1.54, 1.807) is 4.68 Å². The molecular weight excluding hydrogens is 240 g/mol. The van der Waals surface area contributed by atoms with Gasteiger partial charge in [0.15, 0.2) is 0 Å². The summed E-state index contributed by atoms with van der Waals surface area (Å²) in [6.45, 7) is 1.69.